The number of aliphatic hydroxyl groups excluding tert-OH is 1. The molecule has 0 aliphatic rings. The molecule has 2 nitrogen and oxygen atoms in total. The first kappa shape index (κ1) is 13.2. The second-order valence-corrected chi connectivity index (χ2v) is 7.61. The van der Waals surface area contributed by atoms with Crippen LogP contribution in [-0.2, 0) is 5.41 Å². The molecule has 2 heterocycles. The summed E-state index contributed by atoms with van der Waals surface area (Å²) in [5.74, 6) is 0. The van der Waals surface area contributed by atoms with Gasteiger partial charge in [-0.1, -0.05) is 20.8 Å². The normalized spacial score (nSPS) is 13.9. The van der Waals surface area contributed by atoms with Gasteiger partial charge in [0.2, 0.25) is 0 Å². The zero-order valence-corrected chi connectivity index (χ0v) is 13.1. The van der Waals surface area contributed by atoms with E-state index in [1.54, 1.807) is 16.8 Å². The van der Waals surface area contributed by atoms with Gasteiger partial charge in [0.15, 0.2) is 0 Å². The van der Waals surface area contributed by atoms with Gasteiger partial charge in [-0.15, -0.1) is 22.7 Å². The number of nitrogens with zero attached hydrogens (tertiary/aromatic N) is 1. The summed E-state index contributed by atoms with van der Waals surface area (Å²) in [5, 5.41) is 10.3. The van der Waals surface area contributed by atoms with Crippen molar-refractivity contribution in [2.75, 3.05) is 0 Å². The summed E-state index contributed by atoms with van der Waals surface area (Å²) in [6.45, 7) is 6.53. The largest absolute Gasteiger partial charge is 0.382 e. The minimum Gasteiger partial charge on any atom is -0.382 e. The van der Waals surface area contributed by atoms with E-state index in [4.69, 9.17) is 0 Å². The molecule has 2 rings (SSSR count). The first-order chi connectivity index (χ1) is 7.89. The Kier molecular flexibility index (Phi) is 3.73. The van der Waals surface area contributed by atoms with Gasteiger partial charge < -0.3 is 5.11 Å². The predicted octanol–water partition coefficient (Wildman–Crippen LogP) is 4.35. The van der Waals surface area contributed by atoms with Crippen LogP contribution in [0, 0.1) is 0 Å². The molecule has 1 atom stereocenters. The summed E-state index contributed by atoms with van der Waals surface area (Å²) in [6, 6.07) is 4.10. The van der Waals surface area contributed by atoms with Crippen LogP contribution in [0.15, 0.2) is 22.2 Å². The third-order valence-electron chi connectivity index (χ3n) is 2.43. The molecule has 0 fully saturated rings. The summed E-state index contributed by atoms with van der Waals surface area (Å²) in [5.41, 5.74) is 1.87. The van der Waals surface area contributed by atoms with Crippen LogP contribution in [-0.4, -0.2) is 10.1 Å². The van der Waals surface area contributed by atoms with Crippen molar-refractivity contribution in [2.45, 2.75) is 32.3 Å². The molecule has 1 N–H and O–H groups in total. The molecular formula is C12H14BrNOS2. The second-order valence-electron chi connectivity index (χ2n) is 4.86. The number of hydrogen-bond donors (Lipinski definition) is 1. The standard InChI is InChI=1S/C12H14BrNOS2/c1-12(2,3)8-5-4-7(17-8)9(15)10-11(13)14-6-16-10/h4-6,9,15H,1-3H3. The van der Waals surface area contributed by atoms with Crippen LogP contribution in [0.25, 0.3) is 0 Å². The Morgan fingerprint density at radius 1 is 1.35 bits per heavy atom. The third kappa shape index (κ3) is 2.78. The Morgan fingerprint density at radius 2 is 2.06 bits per heavy atom. The Labute approximate surface area is 117 Å². The summed E-state index contributed by atoms with van der Waals surface area (Å²) < 4.78 is 0.737. The quantitative estimate of drug-likeness (QED) is 0.887. The molecule has 0 bridgehead atoms. The number of halogens is 1. The molecule has 0 aliphatic heterocycles. The number of aromatic nitrogens is 1. The Hall–Kier alpha value is -0.230. The van der Waals surface area contributed by atoms with Gasteiger partial charge in [-0.05, 0) is 33.5 Å². The molecule has 0 aromatic carbocycles. The van der Waals surface area contributed by atoms with E-state index < -0.39 is 6.10 Å². The zero-order valence-electron chi connectivity index (χ0n) is 9.90. The van der Waals surface area contributed by atoms with Crippen LogP contribution in [0.3, 0.4) is 0 Å². The van der Waals surface area contributed by atoms with Gasteiger partial charge >= 0.3 is 0 Å². The lowest BCUT2D eigenvalue weighted by Gasteiger charge is -2.15. The highest BCUT2D eigenvalue weighted by molar-refractivity contribution is 9.10. The Morgan fingerprint density at radius 3 is 2.53 bits per heavy atom. The van der Waals surface area contributed by atoms with Crippen LogP contribution >= 0.6 is 38.6 Å². The van der Waals surface area contributed by atoms with Crippen molar-refractivity contribution in [3.63, 3.8) is 0 Å². The van der Waals surface area contributed by atoms with Gasteiger partial charge in [0, 0.05) is 9.75 Å². The molecule has 2 aromatic heterocycles. The molecule has 0 aliphatic carbocycles. The van der Waals surface area contributed by atoms with Crippen LogP contribution in [0.5, 0.6) is 0 Å². The van der Waals surface area contributed by atoms with E-state index in [-0.39, 0.29) is 5.41 Å². The van der Waals surface area contributed by atoms with Crippen LogP contribution < -0.4 is 0 Å². The summed E-state index contributed by atoms with van der Waals surface area (Å²) >= 11 is 6.49. The number of thiophene rings is 1. The summed E-state index contributed by atoms with van der Waals surface area (Å²) in [6.07, 6.45) is -0.571. The van der Waals surface area contributed by atoms with Crippen molar-refractivity contribution in [3.8, 4) is 0 Å². The first-order valence-corrected chi connectivity index (χ1v) is 7.75. The monoisotopic (exact) mass is 331 g/mol. The van der Waals surface area contributed by atoms with E-state index in [0.29, 0.717) is 0 Å². The average molecular weight is 332 g/mol. The minimum atomic E-state index is -0.571. The van der Waals surface area contributed by atoms with Gasteiger partial charge in [0.05, 0.1) is 10.4 Å². The third-order valence-corrected chi connectivity index (χ3v) is 5.77. The molecule has 2 aromatic rings. The smallest absolute Gasteiger partial charge is 0.125 e. The van der Waals surface area contributed by atoms with Crippen molar-refractivity contribution in [1.82, 2.24) is 4.98 Å². The number of aliphatic hydroxyl groups is 1. The average Bonchev–Trinajstić information content (AvgIpc) is 2.83. The van der Waals surface area contributed by atoms with Crippen LogP contribution in [0.2, 0.25) is 0 Å². The number of rotatable bonds is 2. The van der Waals surface area contributed by atoms with E-state index >= 15 is 0 Å². The fourth-order valence-electron chi connectivity index (χ4n) is 1.45. The highest BCUT2D eigenvalue weighted by atomic mass is 79.9. The molecule has 0 radical (unpaired) electrons. The minimum absolute atomic E-state index is 0.133. The molecule has 92 valence electrons. The van der Waals surface area contributed by atoms with E-state index in [1.165, 1.54) is 16.2 Å². The molecule has 0 spiro atoms. The zero-order chi connectivity index (χ0) is 12.6. The number of thiazole rings is 1. The van der Waals surface area contributed by atoms with Crippen molar-refractivity contribution >= 4 is 38.6 Å². The Bertz CT molecular complexity index is 513. The second kappa shape index (κ2) is 4.80. The molecular weight excluding hydrogens is 318 g/mol. The predicted molar refractivity (Wildman–Crippen MR) is 76.9 cm³/mol. The molecule has 1 unspecified atom stereocenters. The van der Waals surface area contributed by atoms with Gasteiger partial charge in [-0.3, -0.25) is 0 Å². The van der Waals surface area contributed by atoms with Gasteiger partial charge in [0.25, 0.3) is 0 Å². The van der Waals surface area contributed by atoms with Crippen molar-refractivity contribution in [1.29, 1.82) is 0 Å². The highest BCUT2D eigenvalue weighted by Gasteiger charge is 2.21. The lowest BCUT2D eigenvalue weighted by atomic mass is 9.95. The summed E-state index contributed by atoms with van der Waals surface area (Å²) in [7, 11) is 0. The van der Waals surface area contributed by atoms with Crippen molar-refractivity contribution in [2.24, 2.45) is 0 Å². The van der Waals surface area contributed by atoms with Gasteiger partial charge in [-0.25, -0.2) is 4.98 Å². The molecule has 0 saturated heterocycles. The van der Waals surface area contributed by atoms with E-state index in [1.807, 2.05) is 6.07 Å². The van der Waals surface area contributed by atoms with Crippen molar-refractivity contribution in [3.05, 3.63) is 36.9 Å². The molecule has 17 heavy (non-hydrogen) atoms. The first-order valence-electron chi connectivity index (χ1n) is 5.27. The maximum absolute atomic E-state index is 10.3. The Balaban J connectivity index is 2.30. The van der Waals surface area contributed by atoms with Gasteiger partial charge in [0.1, 0.15) is 10.7 Å². The SMILES string of the molecule is CC(C)(C)c1ccc(C(O)c2scnc2Br)s1. The maximum Gasteiger partial charge on any atom is 0.125 e. The van der Waals surface area contributed by atoms with Gasteiger partial charge in [-0.2, -0.15) is 0 Å². The molecule has 0 amide bonds. The van der Waals surface area contributed by atoms with E-state index in [2.05, 4.69) is 47.8 Å². The van der Waals surface area contributed by atoms with E-state index in [9.17, 15) is 5.11 Å². The molecule has 0 saturated carbocycles. The highest BCUT2D eigenvalue weighted by Crippen LogP contribution is 2.37. The lowest BCUT2D eigenvalue weighted by Crippen LogP contribution is -2.07. The van der Waals surface area contributed by atoms with Crippen LogP contribution in [0.1, 0.15) is 41.5 Å². The maximum atomic E-state index is 10.3. The summed E-state index contributed by atoms with van der Waals surface area (Å²) in [4.78, 5) is 7.22. The topological polar surface area (TPSA) is 33.1 Å². The number of hydrogen-bond acceptors (Lipinski definition) is 4. The van der Waals surface area contributed by atoms with E-state index in [0.717, 1.165) is 14.4 Å². The lowest BCUT2D eigenvalue weighted by molar-refractivity contribution is 0.227. The fraction of sp³-hybridized carbons (Fsp3) is 0.417. The van der Waals surface area contributed by atoms with Crippen molar-refractivity contribution < 1.29 is 5.11 Å². The molecule has 5 heteroatoms. The fourth-order valence-corrected chi connectivity index (χ4v) is 4.00. The van der Waals surface area contributed by atoms with Crippen LogP contribution in [0.4, 0.5) is 0 Å².